The summed E-state index contributed by atoms with van der Waals surface area (Å²) in [4.78, 5) is 24.9. The number of hydrogen-bond donors (Lipinski definition) is 2. The number of halogens is 1. The maximum atomic E-state index is 13.3. The Morgan fingerprint density at radius 1 is 1.11 bits per heavy atom. The monoisotopic (exact) mass is 382 g/mol. The zero-order valence-corrected chi connectivity index (χ0v) is 16.4. The van der Waals surface area contributed by atoms with E-state index in [1.165, 1.54) is 12.1 Å². The van der Waals surface area contributed by atoms with E-state index in [4.69, 9.17) is 0 Å². The Hall–Kier alpha value is -2.69. The molecule has 2 aromatic rings. The van der Waals surface area contributed by atoms with Gasteiger partial charge in [-0.25, -0.2) is 4.39 Å². The molecule has 148 valence electrons. The minimum atomic E-state index is -0.639. The Kier molecular flexibility index (Phi) is 6.12. The summed E-state index contributed by atoms with van der Waals surface area (Å²) in [5, 5.41) is 5.76. The fourth-order valence-corrected chi connectivity index (χ4v) is 3.96. The second-order valence-corrected chi connectivity index (χ2v) is 7.78. The molecule has 0 radical (unpaired) electrons. The van der Waals surface area contributed by atoms with Crippen LogP contribution in [-0.2, 0) is 10.2 Å². The average molecular weight is 382 g/mol. The largest absolute Gasteiger partial charge is 0.353 e. The normalized spacial score (nSPS) is 16.4. The zero-order chi connectivity index (χ0) is 20.1. The van der Waals surface area contributed by atoms with E-state index in [0.29, 0.717) is 12.1 Å². The Labute approximate surface area is 165 Å². The number of aryl methyl sites for hydroxylation is 1. The second kappa shape index (κ2) is 8.55. The van der Waals surface area contributed by atoms with Crippen LogP contribution in [0.5, 0.6) is 0 Å². The molecule has 4 nitrogen and oxygen atoms in total. The summed E-state index contributed by atoms with van der Waals surface area (Å²) in [6.07, 6.45) is 4.10. The molecule has 5 heteroatoms. The van der Waals surface area contributed by atoms with E-state index in [9.17, 15) is 14.0 Å². The number of nitrogens with one attached hydrogen (secondary N) is 2. The third-order valence-corrected chi connectivity index (χ3v) is 5.64. The van der Waals surface area contributed by atoms with Crippen LogP contribution in [0.25, 0.3) is 0 Å². The van der Waals surface area contributed by atoms with E-state index in [1.54, 1.807) is 19.1 Å². The Morgan fingerprint density at radius 3 is 2.43 bits per heavy atom. The fraction of sp³-hybridized carbons (Fsp3) is 0.391. The van der Waals surface area contributed by atoms with Gasteiger partial charge in [0.05, 0.1) is 0 Å². The third kappa shape index (κ3) is 4.58. The number of carbonyl (C=O) groups is 2. The molecule has 0 bridgehead atoms. The second-order valence-electron chi connectivity index (χ2n) is 7.78. The fourth-order valence-electron chi connectivity index (χ4n) is 3.96. The van der Waals surface area contributed by atoms with Crippen molar-refractivity contribution in [2.75, 3.05) is 6.54 Å². The van der Waals surface area contributed by atoms with E-state index in [2.05, 4.69) is 10.6 Å². The Morgan fingerprint density at radius 2 is 1.79 bits per heavy atom. The van der Waals surface area contributed by atoms with Gasteiger partial charge in [0.2, 0.25) is 5.91 Å². The summed E-state index contributed by atoms with van der Waals surface area (Å²) in [6, 6.07) is 13.2. The first-order chi connectivity index (χ1) is 13.4. The Bertz CT molecular complexity index is 842. The first kappa shape index (κ1) is 20.1. The minimum absolute atomic E-state index is 0.163. The molecule has 1 aliphatic carbocycles. The summed E-state index contributed by atoms with van der Waals surface area (Å²) in [5.74, 6) is -0.733. The quantitative estimate of drug-likeness (QED) is 0.797. The summed E-state index contributed by atoms with van der Waals surface area (Å²) in [5.41, 5.74) is 2.43. The van der Waals surface area contributed by atoms with Crippen molar-refractivity contribution in [3.05, 3.63) is 71.0 Å². The summed E-state index contributed by atoms with van der Waals surface area (Å²) < 4.78 is 13.3. The molecular weight excluding hydrogens is 355 g/mol. The highest BCUT2D eigenvalue weighted by atomic mass is 19.1. The maximum absolute atomic E-state index is 13.3. The topological polar surface area (TPSA) is 58.2 Å². The van der Waals surface area contributed by atoms with Gasteiger partial charge in [0.25, 0.3) is 5.91 Å². The lowest BCUT2D eigenvalue weighted by Gasteiger charge is -2.30. The minimum Gasteiger partial charge on any atom is -0.353 e. The predicted octanol–water partition coefficient (Wildman–Crippen LogP) is 3.88. The first-order valence-electron chi connectivity index (χ1n) is 9.81. The lowest BCUT2D eigenvalue weighted by molar-refractivity contribution is -0.122. The molecule has 0 heterocycles. The molecule has 1 fully saturated rings. The van der Waals surface area contributed by atoms with Crippen molar-refractivity contribution in [1.82, 2.24) is 10.6 Å². The standard InChI is InChI=1S/C23H27FN2O2/c1-16-6-5-7-18(14-16)22(28)26-17(2)21(27)25-15-23(12-3-4-13-23)19-8-10-20(24)11-9-19/h5-11,14,17H,3-4,12-13,15H2,1-2H3,(H,25,27)(H,26,28). The van der Waals surface area contributed by atoms with Gasteiger partial charge in [-0.05, 0) is 56.5 Å². The molecule has 2 aromatic carbocycles. The lowest BCUT2D eigenvalue weighted by Crippen LogP contribution is -2.48. The molecule has 0 saturated heterocycles. The van der Waals surface area contributed by atoms with Gasteiger partial charge in [0, 0.05) is 17.5 Å². The van der Waals surface area contributed by atoms with Gasteiger partial charge in [-0.3, -0.25) is 9.59 Å². The summed E-state index contributed by atoms with van der Waals surface area (Å²) in [7, 11) is 0. The van der Waals surface area contributed by atoms with Gasteiger partial charge >= 0.3 is 0 Å². The molecule has 1 atom stereocenters. The van der Waals surface area contributed by atoms with Crippen LogP contribution in [0.2, 0.25) is 0 Å². The predicted molar refractivity (Wildman–Crippen MR) is 108 cm³/mol. The molecule has 0 spiro atoms. The van der Waals surface area contributed by atoms with Gasteiger partial charge in [0.1, 0.15) is 11.9 Å². The smallest absolute Gasteiger partial charge is 0.251 e. The van der Waals surface area contributed by atoms with E-state index < -0.39 is 6.04 Å². The van der Waals surface area contributed by atoms with E-state index in [-0.39, 0.29) is 23.0 Å². The van der Waals surface area contributed by atoms with Crippen molar-refractivity contribution >= 4 is 11.8 Å². The third-order valence-electron chi connectivity index (χ3n) is 5.64. The molecule has 0 aliphatic heterocycles. The molecule has 1 saturated carbocycles. The molecule has 0 aromatic heterocycles. The Balaban J connectivity index is 1.61. The van der Waals surface area contributed by atoms with Gasteiger partial charge < -0.3 is 10.6 Å². The van der Waals surface area contributed by atoms with Crippen molar-refractivity contribution < 1.29 is 14.0 Å². The number of amides is 2. The number of hydrogen-bond acceptors (Lipinski definition) is 2. The van der Waals surface area contributed by atoms with Gasteiger partial charge in [-0.1, -0.05) is 42.7 Å². The highest BCUT2D eigenvalue weighted by molar-refractivity contribution is 5.97. The molecule has 1 unspecified atom stereocenters. The van der Waals surface area contributed by atoms with E-state index in [0.717, 1.165) is 36.8 Å². The van der Waals surface area contributed by atoms with Gasteiger partial charge in [-0.15, -0.1) is 0 Å². The molecule has 2 N–H and O–H groups in total. The summed E-state index contributed by atoms with van der Waals surface area (Å²) >= 11 is 0. The molecule has 2 amide bonds. The number of rotatable bonds is 6. The highest BCUT2D eigenvalue weighted by Crippen LogP contribution is 2.40. The van der Waals surface area contributed by atoms with Gasteiger partial charge in [0.15, 0.2) is 0 Å². The van der Waals surface area contributed by atoms with Crippen LogP contribution in [-0.4, -0.2) is 24.4 Å². The van der Waals surface area contributed by atoms with E-state index in [1.807, 2.05) is 31.2 Å². The van der Waals surface area contributed by atoms with Crippen molar-refractivity contribution in [2.24, 2.45) is 0 Å². The molecule has 28 heavy (non-hydrogen) atoms. The van der Waals surface area contributed by atoms with Crippen molar-refractivity contribution in [1.29, 1.82) is 0 Å². The number of benzene rings is 2. The van der Waals surface area contributed by atoms with Crippen LogP contribution in [0.3, 0.4) is 0 Å². The average Bonchev–Trinajstić information content (AvgIpc) is 3.16. The SMILES string of the molecule is Cc1cccc(C(=O)NC(C)C(=O)NCC2(c3ccc(F)cc3)CCCC2)c1. The van der Waals surface area contributed by atoms with Gasteiger partial charge in [-0.2, -0.15) is 0 Å². The first-order valence-corrected chi connectivity index (χ1v) is 9.81. The van der Waals surface area contributed by atoms with Crippen LogP contribution in [0, 0.1) is 12.7 Å². The molecule has 1 aliphatic rings. The lowest BCUT2D eigenvalue weighted by atomic mass is 9.78. The van der Waals surface area contributed by atoms with Crippen molar-refractivity contribution in [3.63, 3.8) is 0 Å². The van der Waals surface area contributed by atoms with Crippen LogP contribution < -0.4 is 10.6 Å². The van der Waals surface area contributed by atoms with Crippen molar-refractivity contribution in [2.45, 2.75) is 51.0 Å². The highest BCUT2D eigenvalue weighted by Gasteiger charge is 2.36. The van der Waals surface area contributed by atoms with Crippen LogP contribution in [0.1, 0.15) is 54.1 Å². The maximum Gasteiger partial charge on any atom is 0.251 e. The van der Waals surface area contributed by atoms with E-state index >= 15 is 0 Å². The van der Waals surface area contributed by atoms with Crippen LogP contribution in [0.15, 0.2) is 48.5 Å². The molecule has 3 rings (SSSR count). The molecular formula is C23H27FN2O2. The number of carbonyl (C=O) groups excluding carboxylic acids is 2. The van der Waals surface area contributed by atoms with Crippen LogP contribution >= 0.6 is 0 Å². The van der Waals surface area contributed by atoms with Crippen LogP contribution in [0.4, 0.5) is 4.39 Å². The summed E-state index contributed by atoms with van der Waals surface area (Å²) in [6.45, 7) is 4.09. The zero-order valence-electron chi connectivity index (χ0n) is 16.4. The van der Waals surface area contributed by atoms with Crippen molar-refractivity contribution in [3.8, 4) is 0 Å².